The molecule has 5 nitrogen and oxygen atoms in total. The number of urea groups is 1. The van der Waals surface area contributed by atoms with Crippen LogP contribution in [-0.2, 0) is 6.54 Å². The Hall–Kier alpha value is -1.78. The van der Waals surface area contributed by atoms with Gasteiger partial charge in [0.25, 0.3) is 0 Å². The Morgan fingerprint density at radius 3 is 3.10 bits per heavy atom. The van der Waals surface area contributed by atoms with Crippen molar-refractivity contribution < 1.29 is 4.79 Å². The number of nitrogens with one attached hydrogen (secondary N) is 1. The number of nitrogens with zero attached hydrogens (tertiary/aromatic N) is 3. The van der Waals surface area contributed by atoms with Gasteiger partial charge in [0.1, 0.15) is 0 Å². The third-order valence-electron chi connectivity index (χ3n) is 3.74. The lowest BCUT2D eigenvalue weighted by atomic mass is 9.94. The van der Waals surface area contributed by atoms with Gasteiger partial charge in [-0.2, -0.15) is 0 Å². The Morgan fingerprint density at radius 2 is 2.40 bits per heavy atom. The normalized spacial score (nSPS) is 17.9. The maximum Gasteiger partial charge on any atom is 0.317 e. The number of hydrogen-bond acceptors (Lipinski definition) is 2. The van der Waals surface area contributed by atoms with E-state index in [2.05, 4.69) is 22.5 Å². The molecular weight excluding hydrogens is 252 g/mol. The molecule has 0 fully saturated rings. The molecule has 2 rings (SSSR count). The predicted octanol–water partition coefficient (Wildman–Crippen LogP) is 2.27. The van der Waals surface area contributed by atoms with Crippen molar-refractivity contribution in [3.63, 3.8) is 0 Å². The first-order chi connectivity index (χ1) is 9.75. The molecule has 20 heavy (non-hydrogen) atoms. The Bertz CT molecular complexity index is 427. The second kappa shape index (κ2) is 7.72. The first-order valence-electron chi connectivity index (χ1n) is 7.35. The van der Waals surface area contributed by atoms with Gasteiger partial charge in [0.05, 0.1) is 6.33 Å². The zero-order valence-corrected chi connectivity index (χ0v) is 12.2. The number of aromatic nitrogens is 2. The second-order valence-corrected chi connectivity index (χ2v) is 5.41. The lowest BCUT2D eigenvalue weighted by Gasteiger charge is -2.22. The van der Waals surface area contributed by atoms with Crippen LogP contribution in [0.2, 0.25) is 0 Å². The molecule has 0 saturated carbocycles. The lowest BCUT2D eigenvalue weighted by molar-refractivity contribution is 0.205. The molecule has 1 aromatic rings. The molecule has 1 N–H and O–H groups in total. The van der Waals surface area contributed by atoms with Crippen molar-refractivity contribution in [1.29, 1.82) is 0 Å². The zero-order valence-electron chi connectivity index (χ0n) is 12.2. The molecule has 0 aromatic carbocycles. The van der Waals surface area contributed by atoms with Gasteiger partial charge in [-0.25, -0.2) is 9.78 Å². The summed E-state index contributed by atoms with van der Waals surface area (Å²) in [6.45, 7) is 2.44. The van der Waals surface area contributed by atoms with Crippen molar-refractivity contribution >= 4 is 6.03 Å². The fraction of sp³-hybridized carbons (Fsp3) is 0.600. The number of amides is 2. The van der Waals surface area contributed by atoms with Gasteiger partial charge in [-0.15, -0.1) is 0 Å². The summed E-state index contributed by atoms with van der Waals surface area (Å²) in [6.07, 6.45) is 14.3. The van der Waals surface area contributed by atoms with Crippen LogP contribution in [0.5, 0.6) is 0 Å². The molecule has 0 aliphatic heterocycles. The standard InChI is InChI=1S/C15H24N4O/c1-18(9-5-10-19-11-8-16-13-19)15(20)17-12-14-6-3-2-4-7-14/h2-3,8,11,13-14H,4-7,9-10,12H2,1H3,(H,17,20)/t14-/m1/s1. The average Bonchev–Trinajstić information content (AvgIpc) is 2.99. The molecule has 1 aliphatic rings. The first-order valence-corrected chi connectivity index (χ1v) is 7.35. The fourth-order valence-corrected chi connectivity index (χ4v) is 2.42. The molecule has 0 bridgehead atoms. The van der Waals surface area contributed by atoms with E-state index in [-0.39, 0.29) is 6.03 Å². The van der Waals surface area contributed by atoms with E-state index in [0.29, 0.717) is 5.92 Å². The Balaban J connectivity index is 1.60. The highest BCUT2D eigenvalue weighted by Crippen LogP contribution is 2.16. The van der Waals surface area contributed by atoms with E-state index in [1.54, 1.807) is 17.4 Å². The topological polar surface area (TPSA) is 50.2 Å². The van der Waals surface area contributed by atoms with Crippen LogP contribution < -0.4 is 5.32 Å². The van der Waals surface area contributed by atoms with E-state index in [0.717, 1.165) is 38.9 Å². The number of allylic oxidation sites excluding steroid dienone is 2. The predicted molar refractivity (Wildman–Crippen MR) is 79.4 cm³/mol. The van der Waals surface area contributed by atoms with Crippen LogP contribution in [0.1, 0.15) is 25.7 Å². The van der Waals surface area contributed by atoms with Gasteiger partial charge < -0.3 is 14.8 Å². The molecule has 1 aromatic heterocycles. The van der Waals surface area contributed by atoms with Crippen molar-refractivity contribution in [2.75, 3.05) is 20.1 Å². The number of carbonyl (C=O) groups excluding carboxylic acids is 1. The van der Waals surface area contributed by atoms with Crippen molar-refractivity contribution in [3.8, 4) is 0 Å². The fourth-order valence-electron chi connectivity index (χ4n) is 2.42. The van der Waals surface area contributed by atoms with Gasteiger partial charge >= 0.3 is 6.03 Å². The van der Waals surface area contributed by atoms with Gasteiger partial charge in [-0.05, 0) is 31.6 Å². The minimum Gasteiger partial charge on any atom is -0.338 e. The Labute approximate surface area is 120 Å². The van der Waals surface area contributed by atoms with Crippen molar-refractivity contribution in [2.24, 2.45) is 5.92 Å². The quantitative estimate of drug-likeness (QED) is 0.810. The highest BCUT2D eigenvalue weighted by molar-refractivity contribution is 5.73. The molecule has 0 spiro atoms. The van der Waals surface area contributed by atoms with Crippen LogP contribution in [-0.4, -0.2) is 40.6 Å². The second-order valence-electron chi connectivity index (χ2n) is 5.41. The van der Waals surface area contributed by atoms with E-state index in [9.17, 15) is 4.79 Å². The van der Waals surface area contributed by atoms with Gasteiger partial charge in [0.2, 0.25) is 0 Å². The van der Waals surface area contributed by atoms with E-state index in [1.807, 2.05) is 17.8 Å². The average molecular weight is 276 g/mol. The molecular formula is C15H24N4O. The smallest absolute Gasteiger partial charge is 0.317 e. The van der Waals surface area contributed by atoms with Crippen molar-refractivity contribution in [2.45, 2.75) is 32.2 Å². The highest BCUT2D eigenvalue weighted by Gasteiger charge is 2.13. The third-order valence-corrected chi connectivity index (χ3v) is 3.74. The SMILES string of the molecule is CN(CCCn1ccnc1)C(=O)NC[C@@H]1CC=CCC1. The van der Waals surface area contributed by atoms with Gasteiger partial charge in [-0.1, -0.05) is 12.2 Å². The summed E-state index contributed by atoms with van der Waals surface area (Å²) in [5, 5.41) is 3.03. The van der Waals surface area contributed by atoms with Gasteiger partial charge in [-0.3, -0.25) is 0 Å². The molecule has 1 aliphatic carbocycles. The van der Waals surface area contributed by atoms with E-state index < -0.39 is 0 Å². The van der Waals surface area contributed by atoms with Crippen LogP contribution >= 0.6 is 0 Å². The van der Waals surface area contributed by atoms with E-state index in [4.69, 9.17) is 0 Å². The molecule has 110 valence electrons. The van der Waals surface area contributed by atoms with E-state index >= 15 is 0 Å². The molecule has 2 amide bonds. The zero-order chi connectivity index (χ0) is 14.2. The minimum absolute atomic E-state index is 0.0326. The number of hydrogen-bond donors (Lipinski definition) is 1. The van der Waals surface area contributed by atoms with Gasteiger partial charge in [0, 0.05) is 39.1 Å². The molecule has 0 saturated heterocycles. The molecule has 5 heteroatoms. The molecule has 0 unspecified atom stereocenters. The van der Waals surface area contributed by atoms with Crippen LogP contribution in [0.15, 0.2) is 30.9 Å². The number of imidazole rings is 1. The van der Waals surface area contributed by atoms with Crippen molar-refractivity contribution in [3.05, 3.63) is 30.9 Å². The summed E-state index contributed by atoms with van der Waals surface area (Å²) in [5.74, 6) is 0.600. The largest absolute Gasteiger partial charge is 0.338 e. The number of aryl methyl sites for hydroxylation is 1. The van der Waals surface area contributed by atoms with Crippen LogP contribution in [0.4, 0.5) is 4.79 Å². The monoisotopic (exact) mass is 276 g/mol. The summed E-state index contributed by atoms with van der Waals surface area (Å²) >= 11 is 0. The number of rotatable bonds is 6. The molecule has 0 radical (unpaired) electrons. The lowest BCUT2D eigenvalue weighted by Crippen LogP contribution is -2.40. The summed E-state index contributed by atoms with van der Waals surface area (Å²) in [5.41, 5.74) is 0. The van der Waals surface area contributed by atoms with Crippen LogP contribution in [0.3, 0.4) is 0 Å². The molecule has 1 atom stereocenters. The Morgan fingerprint density at radius 1 is 1.50 bits per heavy atom. The van der Waals surface area contributed by atoms with Crippen LogP contribution in [0, 0.1) is 5.92 Å². The first kappa shape index (κ1) is 14.6. The minimum atomic E-state index is 0.0326. The van der Waals surface area contributed by atoms with E-state index in [1.165, 1.54) is 6.42 Å². The van der Waals surface area contributed by atoms with Gasteiger partial charge in [0.15, 0.2) is 0 Å². The maximum atomic E-state index is 12.0. The summed E-state index contributed by atoms with van der Waals surface area (Å²) in [4.78, 5) is 17.7. The van der Waals surface area contributed by atoms with Crippen molar-refractivity contribution in [1.82, 2.24) is 19.8 Å². The summed E-state index contributed by atoms with van der Waals surface area (Å²) < 4.78 is 2.03. The summed E-state index contributed by atoms with van der Waals surface area (Å²) in [7, 11) is 1.85. The Kier molecular flexibility index (Phi) is 5.65. The summed E-state index contributed by atoms with van der Waals surface area (Å²) in [6, 6.07) is 0.0326. The maximum absolute atomic E-state index is 12.0. The highest BCUT2D eigenvalue weighted by atomic mass is 16.2. The number of carbonyl (C=O) groups is 1. The third kappa shape index (κ3) is 4.72. The molecule has 1 heterocycles. The van der Waals surface area contributed by atoms with Crippen LogP contribution in [0.25, 0.3) is 0 Å².